The molecule has 6 aliphatic heterocycles. The molecule has 0 radical (unpaired) electrons. The lowest BCUT2D eigenvalue weighted by molar-refractivity contribution is -0.0329. The Hall–Kier alpha value is -6.64. The Labute approximate surface area is 421 Å². The minimum Gasteiger partial charge on any atom is -0.370 e. The summed E-state index contributed by atoms with van der Waals surface area (Å²) in [5.74, 6) is 2.18. The highest BCUT2D eigenvalue weighted by Crippen LogP contribution is 2.32. The van der Waals surface area contributed by atoms with E-state index in [0.717, 1.165) is 139 Å². The summed E-state index contributed by atoms with van der Waals surface area (Å²) >= 11 is 0. The van der Waals surface area contributed by atoms with E-state index < -0.39 is 0 Å². The lowest BCUT2D eigenvalue weighted by Crippen LogP contribution is -2.54. The van der Waals surface area contributed by atoms with Crippen molar-refractivity contribution in [2.75, 3.05) is 111 Å². The summed E-state index contributed by atoms with van der Waals surface area (Å²) in [6, 6.07) is 21.8. The first-order valence-electron chi connectivity index (χ1n) is 25.7. The van der Waals surface area contributed by atoms with E-state index in [1.807, 2.05) is 24.3 Å². The molecule has 0 spiro atoms. The molecule has 2 aromatic carbocycles. The number of fused-ring (bicyclic) bond motifs is 4. The number of nitriles is 2. The normalized spacial score (nSPS) is 24.6. The fourth-order valence-electron chi connectivity index (χ4n) is 11.5. The van der Waals surface area contributed by atoms with Crippen LogP contribution < -0.4 is 30.2 Å². The van der Waals surface area contributed by atoms with Crippen molar-refractivity contribution < 1.29 is 9.47 Å². The topological polar surface area (TPSA) is 187 Å². The van der Waals surface area contributed by atoms with Crippen LogP contribution in [0.2, 0.25) is 0 Å². The number of nitrogens with one attached hydrogen (secondary N) is 2. The highest BCUT2D eigenvalue weighted by Gasteiger charge is 2.33. The maximum absolute atomic E-state index is 9.48. The van der Waals surface area contributed by atoms with E-state index in [1.165, 1.54) is 22.5 Å². The number of anilines is 4. The van der Waals surface area contributed by atoms with Crippen molar-refractivity contribution >= 4 is 45.1 Å². The number of hydrogen-bond donors (Lipinski definition) is 2. The molecule has 18 nitrogen and oxygen atoms in total. The van der Waals surface area contributed by atoms with Gasteiger partial charge in [-0.05, 0) is 75.2 Å². The van der Waals surface area contributed by atoms with Crippen LogP contribution in [-0.4, -0.2) is 156 Å². The molecule has 12 rings (SSSR count). The lowest BCUT2D eigenvalue weighted by atomic mass is 10.1. The smallest absolute Gasteiger partial charge is 0.128 e. The van der Waals surface area contributed by atoms with Gasteiger partial charge in [0.25, 0.3) is 0 Å². The molecule has 10 heterocycles. The lowest BCUT2D eigenvalue weighted by Gasteiger charge is -2.42. The molecule has 18 heteroatoms. The number of nitrogens with zero attached hydrogens (tertiary/aromatic N) is 14. The SMILES string of the molecule is C[C@@H]1CN(c2ccc(C#N)c3nccnc23)C[C@H](CN2CCN(c3ccc4c(n3)CN[C@@H]4C)CC2)O1.C[C@@H]1CN(c2ccc(C#N)c3nccnc23)C[C@H](CN2CCN(c3ccc4c(n3)CN[C@H]4C)CC2)O1. The van der Waals surface area contributed by atoms with Gasteiger partial charge in [-0.25, -0.2) is 9.97 Å². The number of pyridine rings is 2. The summed E-state index contributed by atoms with van der Waals surface area (Å²) in [5.41, 5.74) is 11.1. The van der Waals surface area contributed by atoms with E-state index in [9.17, 15) is 10.5 Å². The van der Waals surface area contributed by atoms with Crippen LogP contribution >= 0.6 is 0 Å². The minimum absolute atomic E-state index is 0.105. The van der Waals surface area contributed by atoms with Gasteiger partial charge in [-0.1, -0.05) is 12.1 Å². The van der Waals surface area contributed by atoms with E-state index in [2.05, 4.69) is 124 Å². The third-order valence-electron chi connectivity index (χ3n) is 15.2. The average Bonchev–Trinajstić information content (AvgIpc) is 3.98. The van der Waals surface area contributed by atoms with Crippen LogP contribution in [0, 0.1) is 22.7 Å². The number of piperazine rings is 2. The van der Waals surface area contributed by atoms with Gasteiger partial charge in [0, 0.05) is 142 Å². The molecule has 2 N–H and O–H groups in total. The van der Waals surface area contributed by atoms with Gasteiger partial charge in [-0.3, -0.25) is 29.7 Å². The van der Waals surface area contributed by atoms with E-state index in [-0.39, 0.29) is 24.4 Å². The van der Waals surface area contributed by atoms with Gasteiger partial charge in [-0.2, -0.15) is 10.5 Å². The molecule has 6 aromatic rings. The first-order chi connectivity index (χ1) is 35.2. The average molecular weight is 969 g/mol. The van der Waals surface area contributed by atoms with Gasteiger partial charge in [0.05, 0.1) is 58.3 Å². The largest absolute Gasteiger partial charge is 0.370 e. The molecular formula is C54H64N16O2. The van der Waals surface area contributed by atoms with Crippen molar-refractivity contribution in [3.8, 4) is 12.1 Å². The van der Waals surface area contributed by atoms with E-state index in [4.69, 9.17) is 19.4 Å². The second-order valence-electron chi connectivity index (χ2n) is 20.1. The van der Waals surface area contributed by atoms with Crippen LogP contribution in [0.5, 0.6) is 0 Å². The van der Waals surface area contributed by atoms with Crippen molar-refractivity contribution in [3.05, 3.63) is 107 Å². The summed E-state index contributed by atoms with van der Waals surface area (Å²) < 4.78 is 12.7. The quantitative estimate of drug-likeness (QED) is 0.208. The summed E-state index contributed by atoms with van der Waals surface area (Å²) in [6.45, 7) is 23.2. The Kier molecular flexibility index (Phi) is 13.8. The molecule has 4 aromatic heterocycles. The third-order valence-corrected chi connectivity index (χ3v) is 15.2. The molecule has 4 fully saturated rings. The molecule has 6 atom stereocenters. The van der Waals surface area contributed by atoms with Gasteiger partial charge in [0.2, 0.25) is 0 Å². The molecule has 4 saturated heterocycles. The van der Waals surface area contributed by atoms with Crippen LogP contribution in [0.4, 0.5) is 23.0 Å². The van der Waals surface area contributed by atoms with Gasteiger partial charge in [0.1, 0.15) is 45.8 Å². The Morgan fingerprint density at radius 1 is 0.500 bits per heavy atom. The van der Waals surface area contributed by atoms with Crippen molar-refractivity contribution in [1.29, 1.82) is 10.5 Å². The first kappa shape index (κ1) is 47.7. The Bertz CT molecular complexity index is 2800. The van der Waals surface area contributed by atoms with E-state index in [1.54, 1.807) is 24.8 Å². The minimum atomic E-state index is 0.105. The molecule has 0 bridgehead atoms. The molecule has 6 aliphatic rings. The molecule has 72 heavy (non-hydrogen) atoms. The van der Waals surface area contributed by atoms with Crippen LogP contribution in [0.15, 0.2) is 73.3 Å². The van der Waals surface area contributed by atoms with Crippen molar-refractivity contribution in [3.63, 3.8) is 0 Å². The maximum atomic E-state index is 9.48. The second kappa shape index (κ2) is 20.8. The van der Waals surface area contributed by atoms with Gasteiger partial charge in [0.15, 0.2) is 0 Å². The van der Waals surface area contributed by atoms with Gasteiger partial charge in [-0.15, -0.1) is 0 Å². The fourth-order valence-corrected chi connectivity index (χ4v) is 11.5. The number of aromatic nitrogens is 6. The highest BCUT2D eigenvalue weighted by atomic mass is 16.5. The Morgan fingerprint density at radius 2 is 0.903 bits per heavy atom. The third kappa shape index (κ3) is 9.95. The van der Waals surface area contributed by atoms with E-state index in [0.29, 0.717) is 34.2 Å². The van der Waals surface area contributed by atoms with E-state index >= 15 is 0 Å². The number of rotatable bonds is 8. The fraction of sp³-hybridized carbons (Fsp3) is 0.481. The number of benzene rings is 2. The van der Waals surface area contributed by atoms with Gasteiger partial charge < -0.3 is 39.7 Å². The summed E-state index contributed by atoms with van der Waals surface area (Å²) in [7, 11) is 0. The van der Waals surface area contributed by atoms with Crippen molar-refractivity contribution in [2.45, 2.75) is 77.3 Å². The zero-order chi connectivity index (χ0) is 49.3. The van der Waals surface area contributed by atoms with Crippen LogP contribution in [0.3, 0.4) is 0 Å². The predicted molar refractivity (Wildman–Crippen MR) is 278 cm³/mol. The van der Waals surface area contributed by atoms with Crippen LogP contribution in [0.1, 0.15) is 73.4 Å². The standard InChI is InChI=1S/2C27H32N8O/c2*1-18-15-35(24-5-3-20(13-28)26-27(24)30-8-7-29-26)17-21(36-18)16-33-9-11-34(12-10-33)25-6-4-22-19(2)31-14-23(22)32-25/h2*3-8,18-19,21,31H,9-12,14-17H2,1-2H3/t18-,19+,21+;18-,19-,21+/m11/s1. The zero-order valence-corrected chi connectivity index (χ0v) is 41.8. The zero-order valence-electron chi connectivity index (χ0n) is 41.8. The van der Waals surface area contributed by atoms with Crippen LogP contribution in [-0.2, 0) is 22.6 Å². The maximum Gasteiger partial charge on any atom is 0.128 e. The van der Waals surface area contributed by atoms with Crippen molar-refractivity contribution in [1.82, 2.24) is 50.3 Å². The molecule has 0 saturated carbocycles. The number of ether oxygens (including phenoxy) is 2. The summed E-state index contributed by atoms with van der Waals surface area (Å²) in [5, 5.41) is 25.9. The number of hydrogen-bond acceptors (Lipinski definition) is 18. The molecular weight excluding hydrogens is 905 g/mol. The van der Waals surface area contributed by atoms with Crippen LogP contribution in [0.25, 0.3) is 22.1 Å². The predicted octanol–water partition coefficient (Wildman–Crippen LogP) is 4.95. The van der Waals surface area contributed by atoms with Crippen molar-refractivity contribution in [2.24, 2.45) is 0 Å². The highest BCUT2D eigenvalue weighted by molar-refractivity contribution is 5.93. The molecule has 0 amide bonds. The summed E-state index contributed by atoms with van der Waals surface area (Å²) in [4.78, 5) is 42.4. The monoisotopic (exact) mass is 969 g/mol. The molecule has 0 aliphatic carbocycles. The summed E-state index contributed by atoms with van der Waals surface area (Å²) in [6.07, 6.45) is 7.11. The Morgan fingerprint density at radius 3 is 1.31 bits per heavy atom. The molecule has 372 valence electrons. The second-order valence-corrected chi connectivity index (χ2v) is 20.1. The Balaban J connectivity index is 0.000000156. The van der Waals surface area contributed by atoms with Gasteiger partial charge >= 0.3 is 0 Å². The number of morpholine rings is 2. The molecule has 0 unspecified atom stereocenters. The first-order valence-corrected chi connectivity index (χ1v) is 25.7.